The molecule has 0 radical (unpaired) electrons. The summed E-state index contributed by atoms with van der Waals surface area (Å²) in [5, 5.41) is 1.82. The van der Waals surface area contributed by atoms with Crippen molar-refractivity contribution in [2.75, 3.05) is 0 Å². The van der Waals surface area contributed by atoms with E-state index in [9.17, 15) is 0 Å². The highest BCUT2D eigenvalue weighted by Crippen LogP contribution is 2.26. The Morgan fingerprint density at radius 3 is 2.65 bits per heavy atom. The van der Waals surface area contributed by atoms with Gasteiger partial charge < -0.3 is 5.73 Å². The third kappa shape index (κ3) is 2.66. The van der Waals surface area contributed by atoms with Crippen molar-refractivity contribution in [3.63, 3.8) is 0 Å². The third-order valence-electron chi connectivity index (χ3n) is 3.27. The minimum Gasteiger partial charge on any atom is -0.320 e. The van der Waals surface area contributed by atoms with E-state index in [1.807, 2.05) is 48.7 Å². The van der Waals surface area contributed by atoms with E-state index in [4.69, 9.17) is 17.3 Å². The van der Waals surface area contributed by atoms with Crippen LogP contribution in [0, 0.1) is 3.57 Å². The van der Waals surface area contributed by atoms with E-state index in [0.717, 1.165) is 30.6 Å². The second kappa shape index (κ2) is 5.68. The predicted octanol–water partition coefficient (Wildman–Crippen LogP) is 4.54. The van der Waals surface area contributed by atoms with Gasteiger partial charge >= 0.3 is 0 Å². The number of nitrogens with two attached hydrogens (primary N) is 1. The topological polar surface area (TPSA) is 38.9 Å². The average molecular weight is 395 g/mol. The fourth-order valence-electron chi connectivity index (χ4n) is 2.16. The molecule has 1 atom stereocenters. The molecule has 100 valence electrons. The van der Waals surface area contributed by atoms with Crippen molar-refractivity contribution in [3.8, 4) is 0 Å². The van der Waals surface area contributed by atoms with E-state index in [2.05, 4.69) is 33.6 Å². The lowest BCUT2D eigenvalue weighted by atomic mass is 10.00. The van der Waals surface area contributed by atoms with Crippen molar-refractivity contribution in [1.29, 1.82) is 0 Å². The Morgan fingerprint density at radius 1 is 1.05 bits per heavy atom. The molecular weight excluding hydrogens is 383 g/mol. The molecule has 0 bridgehead atoms. The highest BCUT2D eigenvalue weighted by atomic mass is 127. The molecule has 0 fully saturated rings. The maximum absolute atomic E-state index is 6.33. The summed E-state index contributed by atoms with van der Waals surface area (Å²) in [6, 6.07) is 15.8. The molecule has 20 heavy (non-hydrogen) atoms. The maximum Gasteiger partial charge on any atom is 0.0702 e. The molecule has 3 rings (SSSR count). The average Bonchev–Trinajstić information content (AvgIpc) is 2.49. The van der Waals surface area contributed by atoms with Crippen LogP contribution in [0.1, 0.15) is 17.2 Å². The minimum atomic E-state index is -0.221. The van der Waals surface area contributed by atoms with E-state index in [1.165, 1.54) is 0 Å². The van der Waals surface area contributed by atoms with Crippen LogP contribution in [0.5, 0.6) is 0 Å². The van der Waals surface area contributed by atoms with Crippen molar-refractivity contribution in [3.05, 3.63) is 74.4 Å². The molecule has 2 N–H and O–H groups in total. The Labute approximate surface area is 136 Å². The van der Waals surface area contributed by atoms with Gasteiger partial charge in [-0.05, 0) is 58.0 Å². The molecule has 0 aliphatic heterocycles. The van der Waals surface area contributed by atoms with Gasteiger partial charge in [-0.25, -0.2) is 0 Å². The van der Waals surface area contributed by atoms with Gasteiger partial charge in [0, 0.05) is 15.2 Å². The number of aromatic nitrogens is 1. The number of pyridine rings is 1. The smallest absolute Gasteiger partial charge is 0.0702 e. The minimum absolute atomic E-state index is 0.221. The molecule has 2 aromatic carbocycles. The summed E-state index contributed by atoms with van der Waals surface area (Å²) in [7, 11) is 0. The first-order chi connectivity index (χ1) is 9.65. The van der Waals surface area contributed by atoms with Crippen LogP contribution < -0.4 is 5.73 Å². The largest absolute Gasteiger partial charge is 0.320 e. The third-order valence-corrected chi connectivity index (χ3v) is 4.85. The second-order valence-corrected chi connectivity index (χ2v) is 6.18. The lowest BCUT2D eigenvalue weighted by molar-refractivity contribution is 0.866. The van der Waals surface area contributed by atoms with Crippen molar-refractivity contribution >= 4 is 45.1 Å². The molecule has 1 heterocycles. The molecule has 3 aromatic rings. The summed E-state index contributed by atoms with van der Waals surface area (Å²) < 4.78 is 1.02. The van der Waals surface area contributed by atoms with E-state index in [-0.39, 0.29) is 6.04 Å². The Morgan fingerprint density at radius 2 is 1.85 bits per heavy atom. The van der Waals surface area contributed by atoms with Crippen molar-refractivity contribution in [2.24, 2.45) is 5.73 Å². The quantitative estimate of drug-likeness (QED) is 0.648. The van der Waals surface area contributed by atoms with Crippen LogP contribution >= 0.6 is 34.2 Å². The number of para-hydroxylation sites is 1. The summed E-state index contributed by atoms with van der Waals surface area (Å²) in [5.74, 6) is 0. The molecule has 0 spiro atoms. The summed E-state index contributed by atoms with van der Waals surface area (Å²) >= 11 is 8.37. The number of nitrogens with zero attached hydrogens (tertiary/aromatic N) is 1. The van der Waals surface area contributed by atoms with Gasteiger partial charge in [0.25, 0.3) is 0 Å². The molecule has 2 nitrogen and oxygen atoms in total. The molecule has 1 aromatic heterocycles. The monoisotopic (exact) mass is 394 g/mol. The van der Waals surface area contributed by atoms with Crippen LogP contribution in [0.4, 0.5) is 0 Å². The molecule has 0 aliphatic carbocycles. The van der Waals surface area contributed by atoms with Crippen molar-refractivity contribution in [1.82, 2.24) is 4.98 Å². The van der Waals surface area contributed by atoms with Gasteiger partial charge in [-0.2, -0.15) is 0 Å². The Kier molecular flexibility index (Phi) is 3.92. The number of benzene rings is 2. The van der Waals surface area contributed by atoms with Gasteiger partial charge in [-0.15, -0.1) is 0 Å². The Hall–Kier alpha value is -1.17. The zero-order chi connectivity index (χ0) is 14.1. The van der Waals surface area contributed by atoms with Gasteiger partial charge in [-0.3, -0.25) is 4.98 Å². The van der Waals surface area contributed by atoms with Gasteiger partial charge in [0.1, 0.15) is 0 Å². The predicted molar refractivity (Wildman–Crippen MR) is 91.9 cm³/mol. The standard InChI is InChI=1S/C16H12ClIN2/c17-13-8-11(5-6-14(13)18)16(19)12-7-10-3-1-2-4-15(10)20-9-12/h1-9,16H,19H2. The first-order valence-electron chi connectivity index (χ1n) is 6.20. The van der Waals surface area contributed by atoms with Crippen LogP contribution in [-0.2, 0) is 0 Å². The number of halogens is 2. The number of hydrogen-bond donors (Lipinski definition) is 1. The first-order valence-corrected chi connectivity index (χ1v) is 7.66. The maximum atomic E-state index is 6.33. The van der Waals surface area contributed by atoms with Gasteiger partial charge in [0.05, 0.1) is 16.6 Å². The fourth-order valence-corrected chi connectivity index (χ4v) is 2.68. The summed E-state index contributed by atoms with van der Waals surface area (Å²) in [6.45, 7) is 0. The zero-order valence-corrected chi connectivity index (χ0v) is 13.5. The zero-order valence-electron chi connectivity index (χ0n) is 10.6. The van der Waals surface area contributed by atoms with Crippen LogP contribution in [0.15, 0.2) is 54.7 Å². The Balaban J connectivity index is 2.02. The van der Waals surface area contributed by atoms with Crippen molar-refractivity contribution in [2.45, 2.75) is 6.04 Å². The number of rotatable bonds is 2. The molecule has 0 amide bonds. The summed E-state index contributed by atoms with van der Waals surface area (Å²) in [4.78, 5) is 4.45. The normalized spacial score (nSPS) is 12.6. The molecule has 0 saturated heterocycles. The van der Waals surface area contributed by atoms with E-state index >= 15 is 0 Å². The SMILES string of the molecule is NC(c1ccc(I)c(Cl)c1)c1cnc2ccccc2c1. The van der Waals surface area contributed by atoms with Crippen molar-refractivity contribution < 1.29 is 0 Å². The van der Waals surface area contributed by atoms with Crippen LogP contribution in [-0.4, -0.2) is 4.98 Å². The van der Waals surface area contributed by atoms with Crippen LogP contribution in [0.3, 0.4) is 0 Å². The summed E-state index contributed by atoms with van der Waals surface area (Å²) in [5.41, 5.74) is 9.28. The molecule has 4 heteroatoms. The Bertz CT molecular complexity index is 773. The van der Waals surface area contributed by atoms with E-state index in [0.29, 0.717) is 0 Å². The molecule has 0 saturated carbocycles. The second-order valence-electron chi connectivity index (χ2n) is 4.61. The number of fused-ring (bicyclic) bond motifs is 1. The highest BCUT2D eigenvalue weighted by molar-refractivity contribution is 14.1. The van der Waals surface area contributed by atoms with Gasteiger partial charge in [0.15, 0.2) is 0 Å². The lowest BCUT2D eigenvalue weighted by Gasteiger charge is -2.13. The fraction of sp³-hybridized carbons (Fsp3) is 0.0625. The first kappa shape index (κ1) is 13.8. The molecule has 0 aliphatic rings. The van der Waals surface area contributed by atoms with E-state index < -0.39 is 0 Å². The molecular formula is C16H12ClIN2. The van der Waals surface area contributed by atoms with Gasteiger partial charge in [0.2, 0.25) is 0 Å². The highest BCUT2D eigenvalue weighted by Gasteiger charge is 2.11. The lowest BCUT2D eigenvalue weighted by Crippen LogP contribution is -2.12. The molecule has 1 unspecified atom stereocenters. The van der Waals surface area contributed by atoms with Crippen LogP contribution in [0.25, 0.3) is 10.9 Å². The van der Waals surface area contributed by atoms with Crippen LogP contribution in [0.2, 0.25) is 5.02 Å². The van der Waals surface area contributed by atoms with E-state index in [1.54, 1.807) is 0 Å². The summed E-state index contributed by atoms with van der Waals surface area (Å²) in [6.07, 6.45) is 1.83. The van der Waals surface area contributed by atoms with Gasteiger partial charge in [-0.1, -0.05) is 35.9 Å². The number of hydrogen-bond acceptors (Lipinski definition) is 2.